The minimum atomic E-state index is -4.43. The van der Waals surface area contributed by atoms with Gasteiger partial charge in [-0.2, -0.15) is 13.2 Å². The van der Waals surface area contributed by atoms with E-state index in [0.717, 1.165) is 25.0 Å². The van der Waals surface area contributed by atoms with Crippen LogP contribution < -0.4 is 5.32 Å². The average Bonchev–Trinajstić information content (AvgIpc) is 2.45. The number of hydrogen-bond donors (Lipinski definition) is 1. The molecule has 110 valence electrons. The first-order valence-electron chi connectivity index (χ1n) is 6.50. The van der Waals surface area contributed by atoms with Crippen LogP contribution in [-0.4, -0.2) is 25.7 Å². The van der Waals surface area contributed by atoms with Crippen molar-refractivity contribution in [3.05, 3.63) is 35.4 Å². The van der Waals surface area contributed by atoms with E-state index in [2.05, 4.69) is 5.32 Å². The minimum Gasteiger partial charge on any atom is -0.381 e. The van der Waals surface area contributed by atoms with Crippen molar-refractivity contribution >= 4 is 5.91 Å². The summed E-state index contributed by atoms with van der Waals surface area (Å²) in [7, 11) is 0. The predicted octanol–water partition coefficient (Wildman–Crippen LogP) is 2.86. The van der Waals surface area contributed by atoms with Gasteiger partial charge in [0.2, 0.25) is 0 Å². The standard InChI is InChI=1S/C14H16F3NO2/c15-14(16,17)12-3-1-2-11(8-12)13(19)18-9-10-4-6-20-7-5-10/h1-3,8,10H,4-7,9H2,(H,18,19). The van der Waals surface area contributed by atoms with E-state index in [4.69, 9.17) is 4.74 Å². The lowest BCUT2D eigenvalue weighted by atomic mass is 10.0. The van der Waals surface area contributed by atoms with Crippen LogP contribution in [0, 0.1) is 5.92 Å². The fourth-order valence-corrected chi connectivity index (χ4v) is 2.13. The lowest BCUT2D eigenvalue weighted by molar-refractivity contribution is -0.137. The third-order valence-corrected chi connectivity index (χ3v) is 3.34. The minimum absolute atomic E-state index is 0.0342. The smallest absolute Gasteiger partial charge is 0.381 e. The van der Waals surface area contributed by atoms with Crippen molar-refractivity contribution in [3.8, 4) is 0 Å². The molecule has 6 heteroatoms. The molecule has 2 rings (SSSR count). The topological polar surface area (TPSA) is 38.3 Å². The molecule has 3 nitrogen and oxygen atoms in total. The van der Waals surface area contributed by atoms with Gasteiger partial charge in [-0.25, -0.2) is 0 Å². The second kappa shape index (κ2) is 6.26. The number of benzene rings is 1. The molecular formula is C14H16F3NO2. The van der Waals surface area contributed by atoms with Crippen LogP contribution in [0.2, 0.25) is 0 Å². The number of ether oxygens (including phenoxy) is 1. The SMILES string of the molecule is O=C(NCC1CCOCC1)c1cccc(C(F)(F)F)c1. The van der Waals surface area contributed by atoms with Gasteiger partial charge in [-0.15, -0.1) is 0 Å². The molecule has 1 amide bonds. The summed E-state index contributed by atoms with van der Waals surface area (Å²) in [5, 5.41) is 2.69. The van der Waals surface area contributed by atoms with Crippen LogP contribution in [0.1, 0.15) is 28.8 Å². The van der Waals surface area contributed by atoms with Crippen molar-refractivity contribution in [3.63, 3.8) is 0 Å². The molecule has 0 spiro atoms. The lowest BCUT2D eigenvalue weighted by Crippen LogP contribution is -2.32. The highest BCUT2D eigenvalue weighted by molar-refractivity contribution is 5.94. The van der Waals surface area contributed by atoms with E-state index in [1.807, 2.05) is 0 Å². The van der Waals surface area contributed by atoms with Gasteiger partial charge in [0.05, 0.1) is 5.56 Å². The van der Waals surface area contributed by atoms with Gasteiger partial charge in [0.15, 0.2) is 0 Å². The van der Waals surface area contributed by atoms with Gasteiger partial charge < -0.3 is 10.1 Å². The summed E-state index contributed by atoms with van der Waals surface area (Å²) in [5.41, 5.74) is -0.775. The number of rotatable bonds is 3. The highest BCUT2D eigenvalue weighted by Gasteiger charge is 2.30. The Morgan fingerprint density at radius 3 is 2.65 bits per heavy atom. The Labute approximate surface area is 115 Å². The number of carbonyl (C=O) groups is 1. The molecule has 1 N–H and O–H groups in total. The summed E-state index contributed by atoms with van der Waals surface area (Å²) in [5.74, 6) is -0.138. The maximum Gasteiger partial charge on any atom is 0.416 e. The van der Waals surface area contributed by atoms with Crippen LogP contribution in [0.5, 0.6) is 0 Å². The third kappa shape index (κ3) is 3.96. The van der Waals surface area contributed by atoms with Gasteiger partial charge in [-0.3, -0.25) is 4.79 Å². The van der Waals surface area contributed by atoms with E-state index in [1.165, 1.54) is 12.1 Å². The summed E-state index contributed by atoms with van der Waals surface area (Å²) in [6.45, 7) is 1.81. The van der Waals surface area contributed by atoms with E-state index in [0.29, 0.717) is 25.7 Å². The van der Waals surface area contributed by atoms with E-state index < -0.39 is 17.6 Å². The zero-order valence-electron chi connectivity index (χ0n) is 10.9. The molecule has 1 aliphatic rings. The first-order valence-corrected chi connectivity index (χ1v) is 6.50. The highest BCUT2D eigenvalue weighted by atomic mass is 19.4. The second-order valence-electron chi connectivity index (χ2n) is 4.84. The highest BCUT2D eigenvalue weighted by Crippen LogP contribution is 2.29. The molecule has 20 heavy (non-hydrogen) atoms. The Kier molecular flexibility index (Phi) is 4.65. The molecule has 0 bridgehead atoms. The second-order valence-corrected chi connectivity index (χ2v) is 4.84. The molecule has 0 saturated carbocycles. The zero-order chi connectivity index (χ0) is 14.6. The fourth-order valence-electron chi connectivity index (χ4n) is 2.13. The normalized spacial score (nSPS) is 16.9. The van der Waals surface area contributed by atoms with Crippen molar-refractivity contribution in [2.75, 3.05) is 19.8 Å². The Morgan fingerprint density at radius 2 is 2.00 bits per heavy atom. The first kappa shape index (κ1) is 14.8. The largest absolute Gasteiger partial charge is 0.416 e. The number of amides is 1. The summed E-state index contributed by atoms with van der Waals surface area (Å²) >= 11 is 0. The van der Waals surface area contributed by atoms with Gasteiger partial charge in [-0.05, 0) is 37.0 Å². The number of halogens is 3. The molecule has 1 aromatic rings. The van der Waals surface area contributed by atoms with Crippen LogP contribution in [0.3, 0.4) is 0 Å². The van der Waals surface area contributed by atoms with Crippen LogP contribution in [0.15, 0.2) is 24.3 Å². The maximum atomic E-state index is 12.6. The number of alkyl halides is 3. The van der Waals surface area contributed by atoms with Crippen molar-refractivity contribution in [1.82, 2.24) is 5.32 Å². The molecule has 1 saturated heterocycles. The van der Waals surface area contributed by atoms with E-state index in [-0.39, 0.29) is 5.56 Å². The number of hydrogen-bond acceptors (Lipinski definition) is 2. The monoisotopic (exact) mass is 287 g/mol. The molecule has 1 aliphatic heterocycles. The molecule has 0 atom stereocenters. The van der Waals surface area contributed by atoms with E-state index in [9.17, 15) is 18.0 Å². The van der Waals surface area contributed by atoms with Crippen LogP contribution in [0.4, 0.5) is 13.2 Å². The molecule has 1 heterocycles. The number of nitrogens with one attached hydrogen (secondary N) is 1. The Balaban J connectivity index is 1.95. The van der Waals surface area contributed by atoms with Gasteiger partial charge in [0.1, 0.15) is 0 Å². The quantitative estimate of drug-likeness (QED) is 0.928. The van der Waals surface area contributed by atoms with Gasteiger partial charge in [0.25, 0.3) is 5.91 Å². The van der Waals surface area contributed by atoms with Crippen LogP contribution >= 0.6 is 0 Å². The summed E-state index contributed by atoms with van der Waals surface area (Å²) < 4.78 is 42.9. The van der Waals surface area contributed by atoms with E-state index in [1.54, 1.807) is 0 Å². The third-order valence-electron chi connectivity index (χ3n) is 3.34. The summed E-state index contributed by atoms with van der Waals surface area (Å²) in [4.78, 5) is 11.9. The molecule has 0 aromatic heterocycles. The Hall–Kier alpha value is -1.56. The van der Waals surface area contributed by atoms with Gasteiger partial charge in [0, 0.05) is 25.3 Å². The molecular weight excluding hydrogens is 271 g/mol. The molecule has 1 aromatic carbocycles. The average molecular weight is 287 g/mol. The molecule has 0 unspecified atom stereocenters. The first-order chi connectivity index (χ1) is 9.47. The Bertz CT molecular complexity index is 468. The van der Waals surface area contributed by atoms with E-state index >= 15 is 0 Å². The van der Waals surface area contributed by atoms with Crippen molar-refractivity contribution < 1.29 is 22.7 Å². The van der Waals surface area contributed by atoms with Crippen molar-refractivity contribution in [2.24, 2.45) is 5.92 Å². The zero-order valence-corrected chi connectivity index (χ0v) is 10.9. The fraction of sp³-hybridized carbons (Fsp3) is 0.500. The Morgan fingerprint density at radius 1 is 1.30 bits per heavy atom. The van der Waals surface area contributed by atoms with Crippen molar-refractivity contribution in [1.29, 1.82) is 0 Å². The molecule has 0 aliphatic carbocycles. The summed E-state index contributed by atoms with van der Waals surface area (Å²) in [6.07, 6.45) is -2.71. The van der Waals surface area contributed by atoms with Gasteiger partial charge in [-0.1, -0.05) is 6.07 Å². The molecule has 1 fully saturated rings. The van der Waals surface area contributed by atoms with Crippen LogP contribution in [0.25, 0.3) is 0 Å². The predicted molar refractivity (Wildman–Crippen MR) is 67.3 cm³/mol. The maximum absolute atomic E-state index is 12.6. The summed E-state index contributed by atoms with van der Waals surface area (Å²) in [6, 6.07) is 4.45. The van der Waals surface area contributed by atoms with Gasteiger partial charge >= 0.3 is 6.18 Å². The lowest BCUT2D eigenvalue weighted by Gasteiger charge is -2.22. The van der Waals surface area contributed by atoms with Crippen LogP contribution in [-0.2, 0) is 10.9 Å². The number of carbonyl (C=O) groups excluding carboxylic acids is 1. The molecule has 0 radical (unpaired) electrons. The van der Waals surface area contributed by atoms with Crippen molar-refractivity contribution in [2.45, 2.75) is 19.0 Å².